The Morgan fingerprint density at radius 2 is 2.10 bits per heavy atom. The van der Waals surface area contributed by atoms with E-state index in [1.165, 1.54) is 12.8 Å². The lowest BCUT2D eigenvalue weighted by Crippen LogP contribution is -2.01. The van der Waals surface area contributed by atoms with Crippen molar-refractivity contribution in [3.63, 3.8) is 0 Å². The van der Waals surface area contributed by atoms with Crippen molar-refractivity contribution in [1.82, 2.24) is 4.98 Å². The van der Waals surface area contributed by atoms with Crippen LogP contribution < -0.4 is 5.32 Å². The maximum atomic E-state index is 9.21. The number of rotatable bonds is 3. The number of hydrogen-bond acceptors (Lipinski definition) is 3. The molecule has 0 bridgehead atoms. The van der Waals surface area contributed by atoms with Gasteiger partial charge in [-0.3, -0.25) is 0 Å². The molecule has 2 aromatic rings. The number of nitriles is 1. The van der Waals surface area contributed by atoms with Gasteiger partial charge in [0.05, 0.1) is 5.56 Å². The van der Waals surface area contributed by atoms with E-state index in [2.05, 4.69) is 16.4 Å². The van der Waals surface area contributed by atoms with Crippen molar-refractivity contribution in [1.29, 1.82) is 5.26 Å². The summed E-state index contributed by atoms with van der Waals surface area (Å²) in [5.41, 5.74) is 3.45. The Kier molecular flexibility index (Phi) is 3.33. The fraction of sp³-hybridized carbons (Fsp3) is 0.250. The van der Waals surface area contributed by atoms with E-state index in [-0.39, 0.29) is 0 Å². The SMILES string of the molecule is Cc1c(Cl)cccc1Nc1nc(C2CC2)ccc1C#N. The summed E-state index contributed by atoms with van der Waals surface area (Å²) in [7, 11) is 0. The predicted octanol–water partition coefficient (Wildman–Crippen LogP) is 4.54. The molecule has 0 spiro atoms. The normalized spacial score (nSPS) is 13.8. The lowest BCUT2D eigenvalue weighted by atomic mass is 10.1. The molecule has 3 nitrogen and oxygen atoms in total. The van der Waals surface area contributed by atoms with Crippen LogP contribution in [0.3, 0.4) is 0 Å². The van der Waals surface area contributed by atoms with E-state index in [0.717, 1.165) is 16.9 Å². The maximum absolute atomic E-state index is 9.21. The minimum Gasteiger partial charge on any atom is -0.339 e. The van der Waals surface area contributed by atoms with Crippen molar-refractivity contribution >= 4 is 23.1 Å². The molecule has 1 aromatic heterocycles. The summed E-state index contributed by atoms with van der Waals surface area (Å²) in [5.74, 6) is 1.17. The van der Waals surface area contributed by atoms with Gasteiger partial charge < -0.3 is 5.32 Å². The van der Waals surface area contributed by atoms with Crippen LogP contribution in [0.25, 0.3) is 0 Å². The number of aromatic nitrogens is 1. The van der Waals surface area contributed by atoms with Gasteiger partial charge in [-0.05, 0) is 49.6 Å². The topological polar surface area (TPSA) is 48.7 Å². The number of hydrogen-bond donors (Lipinski definition) is 1. The lowest BCUT2D eigenvalue weighted by molar-refractivity contribution is 1.02. The van der Waals surface area contributed by atoms with Crippen LogP contribution in [0.5, 0.6) is 0 Å². The van der Waals surface area contributed by atoms with Gasteiger partial charge >= 0.3 is 0 Å². The molecule has 0 atom stereocenters. The van der Waals surface area contributed by atoms with Crippen LogP contribution in [-0.4, -0.2) is 4.98 Å². The van der Waals surface area contributed by atoms with Gasteiger partial charge in [0.2, 0.25) is 0 Å². The Morgan fingerprint density at radius 1 is 1.30 bits per heavy atom. The van der Waals surface area contributed by atoms with Crippen molar-refractivity contribution < 1.29 is 0 Å². The number of nitrogens with zero attached hydrogens (tertiary/aromatic N) is 2. The van der Waals surface area contributed by atoms with Crippen LogP contribution in [0.2, 0.25) is 5.02 Å². The van der Waals surface area contributed by atoms with Crippen LogP contribution in [0, 0.1) is 18.3 Å². The molecule has 1 saturated carbocycles. The highest BCUT2D eigenvalue weighted by Gasteiger charge is 2.25. The summed E-state index contributed by atoms with van der Waals surface area (Å²) in [6, 6.07) is 11.6. The van der Waals surface area contributed by atoms with Crippen molar-refractivity contribution in [3.8, 4) is 6.07 Å². The first kappa shape index (κ1) is 13.0. The molecule has 1 heterocycles. The molecule has 1 aliphatic rings. The molecular weight excluding hydrogens is 270 g/mol. The first-order valence-corrected chi connectivity index (χ1v) is 7.00. The molecule has 1 aliphatic carbocycles. The average Bonchev–Trinajstić information content (AvgIpc) is 3.28. The molecule has 0 aliphatic heterocycles. The quantitative estimate of drug-likeness (QED) is 0.900. The fourth-order valence-electron chi connectivity index (χ4n) is 2.14. The second-order valence-electron chi connectivity index (χ2n) is 5.06. The third-order valence-electron chi connectivity index (χ3n) is 3.55. The maximum Gasteiger partial charge on any atom is 0.148 e. The van der Waals surface area contributed by atoms with Crippen molar-refractivity contribution in [2.45, 2.75) is 25.7 Å². The first-order valence-electron chi connectivity index (χ1n) is 6.62. The van der Waals surface area contributed by atoms with Crippen LogP contribution in [0.4, 0.5) is 11.5 Å². The van der Waals surface area contributed by atoms with Crippen LogP contribution in [0.15, 0.2) is 30.3 Å². The molecule has 0 amide bonds. The second kappa shape index (κ2) is 5.15. The Labute approximate surface area is 123 Å². The van der Waals surface area contributed by atoms with E-state index in [1.807, 2.05) is 37.3 Å². The molecule has 3 rings (SSSR count). The molecule has 1 fully saturated rings. The highest BCUT2D eigenvalue weighted by Crippen LogP contribution is 2.40. The van der Waals surface area contributed by atoms with E-state index < -0.39 is 0 Å². The summed E-state index contributed by atoms with van der Waals surface area (Å²) in [4.78, 5) is 4.59. The Morgan fingerprint density at radius 3 is 2.80 bits per heavy atom. The van der Waals surface area contributed by atoms with Crippen molar-refractivity contribution in [2.24, 2.45) is 0 Å². The van der Waals surface area contributed by atoms with Gasteiger partial charge in [0.1, 0.15) is 11.9 Å². The van der Waals surface area contributed by atoms with Crippen LogP contribution >= 0.6 is 11.6 Å². The van der Waals surface area contributed by atoms with Gasteiger partial charge in [0.15, 0.2) is 0 Å². The summed E-state index contributed by atoms with van der Waals surface area (Å²) < 4.78 is 0. The third kappa shape index (κ3) is 2.48. The first-order chi connectivity index (χ1) is 9.69. The second-order valence-corrected chi connectivity index (χ2v) is 5.46. The smallest absolute Gasteiger partial charge is 0.148 e. The van der Waals surface area contributed by atoms with E-state index in [4.69, 9.17) is 11.6 Å². The number of pyridine rings is 1. The average molecular weight is 284 g/mol. The largest absolute Gasteiger partial charge is 0.339 e. The highest BCUT2D eigenvalue weighted by molar-refractivity contribution is 6.31. The third-order valence-corrected chi connectivity index (χ3v) is 3.96. The molecule has 1 N–H and O–H groups in total. The van der Waals surface area contributed by atoms with Crippen molar-refractivity contribution in [2.75, 3.05) is 5.32 Å². The Balaban J connectivity index is 1.98. The van der Waals surface area contributed by atoms with Gasteiger partial charge in [0, 0.05) is 22.3 Å². The highest BCUT2D eigenvalue weighted by atomic mass is 35.5. The lowest BCUT2D eigenvalue weighted by Gasteiger charge is -2.12. The molecule has 0 radical (unpaired) electrons. The van der Waals surface area contributed by atoms with Crippen LogP contribution in [0.1, 0.15) is 35.6 Å². The standard InChI is InChI=1S/C16H14ClN3/c1-10-13(17)3-2-4-14(10)19-16-12(9-18)7-8-15(20-16)11-5-6-11/h2-4,7-8,11H,5-6H2,1H3,(H,19,20). The molecular formula is C16H14ClN3. The van der Waals surface area contributed by atoms with E-state index >= 15 is 0 Å². The van der Waals surface area contributed by atoms with Gasteiger partial charge in [-0.2, -0.15) is 5.26 Å². The van der Waals surface area contributed by atoms with Gasteiger partial charge in [0.25, 0.3) is 0 Å². The number of halogens is 1. The van der Waals surface area contributed by atoms with Gasteiger partial charge in [-0.1, -0.05) is 17.7 Å². The van der Waals surface area contributed by atoms with Gasteiger partial charge in [-0.15, -0.1) is 0 Å². The molecule has 4 heteroatoms. The predicted molar refractivity (Wildman–Crippen MR) is 80.4 cm³/mol. The fourth-order valence-corrected chi connectivity index (χ4v) is 2.31. The number of anilines is 2. The zero-order valence-electron chi connectivity index (χ0n) is 11.2. The van der Waals surface area contributed by atoms with Gasteiger partial charge in [-0.25, -0.2) is 4.98 Å². The summed E-state index contributed by atoms with van der Waals surface area (Å²) in [6.07, 6.45) is 2.38. The number of benzene rings is 1. The Hall–Kier alpha value is -2.05. The van der Waals surface area contributed by atoms with Crippen LogP contribution in [-0.2, 0) is 0 Å². The Bertz CT molecular complexity index is 699. The minimum atomic E-state index is 0.550. The zero-order valence-corrected chi connectivity index (χ0v) is 11.9. The summed E-state index contributed by atoms with van der Waals surface area (Å²) >= 11 is 6.12. The summed E-state index contributed by atoms with van der Waals surface area (Å²) in [6.45, 7) is 1.95. The molecule has 20 heavy (non-hydrogen) atoms. The summed E-state index contributed by atoms with van der Waals surface area (Å²) in [5, 5.41) is 13.1. The number of nitrogens with one attached hydrogen (secondary N) is 1. The molecule has 100 valence electrons. The molecule has 0 saturated heterocycles. The van der Waals surface area contributed by atoms with Crippen molar-refractivity contribution in [3.05, 3.63) is 52.2 Å². The minimum absolute atomic E-state index is 0.550. The molecule has 1 aromatic carbocycles. The van der Waals surface area contributed by atoms with E-state index in [1.54, 1.807) is 0 Å². The van der Waals surface area contributed by atoms with E-state index in [0.29, 0.717) is 22.3 Å². The molecule has 0 unspecified atom stereocenters. The monoisotopic (exact) mass is 283 g/mol. The zero-order chi connectivity index (χ0) is 14.1. The van der Waals surface area contributed by atoms with E-state index in [9.17, 15) is 5.26 Å².